The second-order valence-corrected chi connectivity index (χ2v) is 5.30. The number of alkyl halides is 5. The zero-order chi connectivity index (χ0) is 20.4. The molecule has 0 fully saturated rings. The van der Waals surface area contributed by atoms with Crippen LogP contribution in [0, 0.1) is 6.92 Å². The van der Waals surface area contributed by atoms with Crippen molar-refractivity contribution in [2.24, 2.45) is 0 Å². The molecule has 0 aliphatic heterocycles. The van der Waals surface area contributed by atoms with Gasteiger partial charge < -0.3 is 16.0 Å². The molecule has 3 N–H and O–H groups in total. The van der Waals surface area contributed by atoms with E-state index >= 15 is 0 Å². The highest BCUT2D eigenvalue weighted by atomic mass is 19.4. The first-order valence-corrected chi connectivity index (χ1v) is 7.62. The van der Waals surface area contributed by atoms with E-state index in [0.717, 1.165) is 6.20 Å². The van der Waals surface area contributed by atoms with Crippen LogP contribution in [-0.2, 0) is 17.0 Å². The number of anilines is 3. The van der Waals surface area contributed by atoms with Gasteiger partial charge in [0.2, 0.25) is 5.95 Å². The van der Waals surface area contributed by atoms with Crippen molar-refractivity contribution in [3.8, 4) is 0 Å². The Morgan fingerprint density at radius 1 is 1.26 bits per heavy atom. The minimum atomic E-state index is -4.66. The van der Waals surface area contributed by atoms with Crippen molar-refractivity contribution in [2.45, 2.75) is 26.1 Å². The molecule has 0 atom stereocenters. The molecule has 0 radical (unpaired) electrons. The molecule has 2 heterocycles. The SMILES string of the molecule is CCNC(=O)C(F)(F)n1cc(Nc2ncc(C(F)(F)F)c(NC)n2)c(C)n1. The summed E-state index contributed by atoms with van der Waals surface area (Å²) in [5.41, 5.74) is -1.01. The van der Waals surface area contributed by atoms with Crippen molar-refractivity contribution < 1.29 is 26.7 Å². The summed E-state index contributed by atoms with van der Waals surface area (Å²) in [4.78, 5) is 18.7. The zero-order valence-corrected chi connectivity index (χ0v) is 14.4. The second-order valence-electron chi connectivity index (χ2n) is 5.30. The van der Waals surface area contributed by atoms with Crippen LogP contribution in [0.15, 0.2) is 12.4 Å². The molecule has 8 nitrogen and oxygen atoms in total. The van der Waals surface area contributed by atoms with Crippen LogP contribution in [0.4, 0.5) is 39.4 Å². The van der Waals surface area contributed by atoms with Crippen LogP contribution in [0.2, 0.25) is 0 Å². The largest absolute Gasteiger partial charge is 0.422 e. The number of carbonyl (C=O) groups excluding carboxylic acids is 1. The lowest BCUT2D eigenvalue weighted by atomic mass is 10.3. The predicted octanol–water partition coefficient (Wildman–Crippen LogP) is 2.47. The van der Waals surface area contributed by atoms with E-state index < -0.39 is 29.5 Å². The van der Waals surface area contributed by atoms with Crippen molar-refractivity contribution in [2.75, 3.05) is 24.2 Å². The molecular formula is C14H16F5N7O. The van der Waals surface area contributed by atoms with Crippen LogP contribution in [0.3, 0.4) is 0 Å². The van der Waals surface area contributed by atoms with E-state index in [1.165, 1.54) is 20.9 Å². The number of carbonyl (C=O) groups is 1. The van der Waals surface area contributed by atoms with Crippen molar-refractivity contribution in [3.63, 3.8) is 0 Å². The fourth-order valence-electron chi connectivity index (χ4n) is 2.06. The lowest BCUT2D eigenvalue weighted by Crippen LogP contribution is -2.42. The average molecular weight is 393 g/mol. The Morgan fingerprint density at radius 3 is 2.48 bits per heavy atom. The highest BCUT2D eigenvalue weighted by molar-refractivity contribution is 5.81. The van der Waals surface area contributed by atoms with Crippen LogP contribution in [0.5, 0.6) is 0 Å². The fraction of sp³-hybridized carbons (Fsp3) is 0.429. The summed E-state index contributed by atoms with van der Waals surface area (Å²) in [6.45, 7) is 2.86. The van der Waals surface area contributed by atoms with E-state index in [-0.39, 0.29) is 28.6 Å². The first-order chi connectivity index (χ1) is 12.5. The van der Waals surface area contributed by atoms with E-state index in [1.54, 1.807) is 0 Å². The predicted molar refractivity (Wildman–Crippen MR) is 85.7 cm³/mol. The molecule has 13 heteroatoms. The summed E-state index contributed by atoms with van der Waals surface area (Å²) in [6, 6.07) is -3.95. The Morgan fingerprint density at radius 2 is 1.93 bits per heavy atom. The molecule has 1 amide bonds. The van der Waals surface area contributed by atoms with Crippen LogP contribution in [-0.4, -0.2) is 39.2 Å². The molecule has 27 heavy (non-hydrogen) atoms. The lowest BCUT2D eigenvalue weighted by Gasteiger charge is -2.15. The lowest BCUT2D eigenvalue weighted by molar-refractivity contribution is -0.163. The van der Waals surface area contributed by atoms with Gasteiger partial charge in [-0.3, -0.25) is 4.79 Å². The third-order valence-corrected chi connectivity index (χ3v) is 3.37. The number of aryl methyl sites for hydroxylation is 1. The van der Waals surface area contributed by atoms with Gasteiger partial charge in [0.25, 0.3) is 0 Å². The number of nitrogens with one attached hydrogen (secondary N) is 3. The maximum atomic E-state index is 14.1. The number of amides is 1. The summed E-state index contributed by atoms with van der Waals surface area (Å²) in [5.74, 6) is -2.30. The molecular weight excluding hydrogens is 377 g/mol. The Balaban J connectivity index is 2.31. The number of hydrogen-bond acceptors (Lipinski definition) is 6. The minimum absolute atomic E-state index is 0.000727. The second kappa shape index (κ2) is 7.32. The molecule has 148 valence electrons. The van der Waals surface area contributed by atoms with Crippen LogP contribution in [0.25, 0.3) is 0 Å². The topological polar surface area (TPSA) is 96.8 Å². The summed E-state index contributed by atoms with van der Waals surface area (Å²) in [6.07, 6.45) is -3.26. The number of likely N-dealkylation sites (N-methyl/N-ethyl adjacent to an activating group) is 1. The summed E-state index contributed by atoms with van der Waals surface area (Å²) in [7, 11) is 1.25. The molecule has 2 rings (SSSR count). The normalized spacial score (nSPS) is 12.0. The van der Waals surface area contributed by atoms with Gasteiger partial charge in [-0.15, -0.1) is 0 Å². The van der Waals surface area contributed by atoms with E-state index in [2.05, 4.69) is 25.7 Å². The maximum absolute atomic E-state index is 14.1. The third kappa shape index (κ3) is 4.23. The number of hydrogen-bond donors (Lipinski definition) is 3. The first kappa shape index (κ1) is 20.3. The zero-order valence-electron chi connectivity index (χ0n) is 14.4. The van der Waals surface area contributed by atoms with Gasteiger partial charge in [0.15, 0.2) is 0 Å². The van der Waals surface area contributed by atoms with Crippen LogP contribution in [0.1, 0.15) is 18.2 Å². The van der Waals surface area contributed by atoms with Crippen molar-refractivity contribution in [1.29, 1.82) is 0 Å². The smallest absolute Gasteiger partial charge is 0.372 e. The van der Waals surface area contributed by atoms with Gasteiger partial charge in [-0.2, -0.15) is 36.7 Å². The highest BCUT2D eigenvalue weighted by Crippen LogP contribution is 2.34. The summed E-state index contributed by atoms with van der Waals surface area (Å²) >= 11 is 0. The fourth-order valence-corrected chi connectivity index (χ4v) is 2.06. The van der Waals surface area contributed by atoms with Crippen LogP contribution < -0.4 is 16.0 Å². The molecule has 0 bridgehead atoms. The van der Waals surface area contributed by atoms with E-state index in [0.29, 0.717) is 6.20 Å². The number of nitrogens with zero attached hydrogens (tertiary/aromatic N) is 4. The molecule has 0 saturated heterocycles. The summed E-state index contributed by atoms with van der Waals surface area (Å²) < 4.78 is 66.9. The van der Waals surface area contributed by atoms with Gasteiger partial charge in [0.1, 0.15) is 11.4 Å². The van der Waals surface area contributed by atoms with E-state index in [9.17, 15) is 26.7 Å². The maximum Gasteiger partial charge on any atom is 0.422 e. The van der Waals surface area contributed by atoms with Gasteiger partial charge in [0, 0.05) is 19.8 Å². The Hall–Kier alpha value is -2.99. The van der Waals surface area contributed by atoms with Gasteiger partial charge >= 0.3 is 18.1 Å². The Kier molecular flexibility index (Phi) is 5.51. The van der Waals surface area contributed by atoms with E-state index in [4.69, 9.17) is 0 Å². The van der Waals surface area contributed by atoms with Gasteiger partial charge in [0.05, 0.1) is 17.6 Å². The summed E-state index contributed by atoms with van der Waals surface area (Å²) in [5, 5.41) is 10.4. The van der Waals surface area contributed by atoms with Gasteiger partial charge in [-0.05, 0) is 13.8 Å². The molecule has 2 aromatic rings. The highest BCUT2D eigenvalue weighted by Gasteiger charge is 2.42. The molecule has 0 spiro atoms. The van der Waals surface area contributed by atoms with Crippen molar-refractivity contribution >= 4 is 23.4 Å². The number of halogens is 5. The molecule has 0 unspecified atom stereocenters. The quantitative estimate of drug-likeness (QED) is 0.653. The van der Waals surface area contributed by atoms with Crippen LogP contribution >= 0.6 is 0 Å². The van der Waals surface area contributed by atoms with E-state index in [1.807, 2.05) is 5.32 Å². The molecule has 0 saturated carbocycles. The average Bonchev–Trinajstić information content (AvgIpc) is 2.95. The minimum Gasteiger partial charge on any atom is -0.372 e. The monoisotopic (exact) mass is 393 g/mol. The standard InChI is InChI=1S/C14H16F5N7O/c1-4-21-11(27)14(18,19)26-6-9(7(2)25-26)23-12-22-5-8(13(15,16)17)10(20-3)24-12/h5-6H,4H2,1-3H3,(H,21,27)(H2,20,22,23,24). The van der Waals surface area contributed by atoms with Gasteiger partial charge in [-0.25, -0.2) is 4.98 Å². The van der Waals surface area contributed by atoms with Crippen molar-refractivity contribution in [3.05, 3.63) is 23.7 Å². The number of aromatic nitrogens is 4. The molecule has 0 aliphatic rings. The van der Waals surface area contributed by atoms with Crippen molar-refractivity contribution in [1.82, 2.24) is 25.1 Å². The Bertz CT molecular complexity index is 834. The third-order valence-electron chi connectivity index (χ3n) is 3.37. The molecule has 0 aliphatic carbocycles. The number of rotatable bonds is 6. The van der Waals surface area contributed by atoms with Gasteiger partial charge in [-0.1, -0.05) is 0 Å². The Labute approximate surface area is 150 Å². The molecule has 2 aromatic heterocycles. The molecule has 0 aromatic carbocycles. The first-order valence-electron chi connectivity index (χ1n) is 7.62.